The van der Waals surface area contributed by atoms with Crippen molar-refractivity contribution in [2.75, 3.05) is 18.4 Å². The fourth-order valence-corrected chi connectivity index (χ4v) is 4.45. The lowest BCUT2D eigenvalue weighted by Gasteiger charge is -2.40. The van der Waals surface area contributed by atoms with E-state index in [-0.39, 0.29) is 12.1 Å². The zero-order valence-electron chi connectivity index (χ0n) is 18.4. The number of nitrogens with zero attached hydrogens (tertiary/aromatic N) is 2. The quantitative estimate of drug-likeness (QED) is 0.457. The molecule has 0 saturated carbocycles. The van der Waals surface area contributed by atoms with Crippen LogP contribution in [0.25, 0.3) is 0 Å². The van der Waals surface area contributed by atoms with Crippen molar-refractivity contribution >= 4 is 29.0 Å². The van der Waals surface area contributed by atoms with Crippen LogP contribution in [0.5, 0.6) is 0 Å². The van der Waals surface area contributed by atoms with Crippen LogP contribution in [0.4, 0.5) is 16.2 Å². The first-order chi connectivity index (χ1) is 15.0. The minimum absolute atomic E-state index is 0.150. The maximum atomic E-state index is 13.3. The minimum Gasteiger partial charge on any atom is -0.630 e. The summed E-state index contributed by atoms with van der Waals surface area (Å²) in [6, 6.07) is 15.6. The van der Waals surface area contributed by atoms with Gasteiger partial charge in [0.05, 0.1) is 0 Å². The normalized spacial score (nSPS) is 16.1. The van der Waals surface area contributed by atoms with Crippen LogP contribution < -0.4 is 10.8 Å². The molecule has 1 fully saturated rings. The molecule has 3 N–H and O–H groups in total. The first-order valence-corrected chi connectivity index (χ1v) is 11.5. The van der Waals surface area contributed by atoms with Gasteiger partial charge in [-0.05, 0) is 43.9 Å². The predicted molar refractivity (Wildman–Crippen MR) is 126 cm³/mol. The highest BCUT2D eigenvalue weighted by molar-refractivity contribution is 6.32. The molecular weight excluding hydrogens is 412 g/mol. The first kappa shape index (κ1) is 23.5. The third kappa shape index (κ3) is 6.43. The van der Waals surface area contributed by atoms with E-state index < -0.39 is 0 Å². The highest BCUT2D eigenvalue weighted by Crippen LogP contribution is 2.25. The van der Waals surface area contributed by atoms with Gasteiger partial charge in [-0.25, -0.2) is 4.79 Å². The van der Waals surface area contributed by atoms with E-state index >= 15 is 0 Å². The molecule has 0 aromatic heterocycles. The number of halogens is 1. The minimum atomic E-state index is -0.150. The molecule has 31 heavy (non-hydrogen) atoms. The number of hydrogen-bond acceptors (Lipinski definition) is 3. The van der Waals surface area contributed by atoms with E-state index in [1.165, 1.54) is 12.8 Å². The fraction of sp³-hybridized carbons (Fsp3) is 0.458. The summed E-state index contributed by atoms with van der Waals surface area (Å²) in [5, 5.41) is 14.6. The smallest absolute Gasteiger partial charge is 0.322 e. The van der Waals surface area contributed by atoms with E-state index in [1.54, 1.807) is 18.2 Å². The number of benzene rings is 2. The van der Waals surface area contributed by atoms with Gasteiger partial charge in [-0.3, -0.25) is 0 Å². The monoisotopic (exact) mass is 444 g/mol. The Morgan fingerprint density at radius 3 is 2.61 bits per heavy atom. The van der Waals surface area contributed by atoms with Crippen LogP contribution in [0.1, 0.15) is 45.1 Å². The van der Waals surface area contributed by atoms with E-state index in [1.807, 2.05) is 35.2 Å². The molecule has 2 aromatic rings. The van der Waals surface area contributed by atoms with Crippen molar-refractivity contribution in [3.8, 4) is 0 Å². The standard InChI is InChI=1S/C24H33ClN4O2/c1-3-7-18(2)28-14-12-21(13-15-28)29(17-19-8-5-4-6-9-19)24(30)26-20-10-11-22(25)23(16-20)27-31/h4-6,8-11,16,18,21H,3,7,12-15,17,27H2,1-2H3,(H,26,30). The number of nitrogens with one attached hydrogen (secondary N) is 1. The van der Waals surface area contributed by atoms with Crippen molar-refractivity contribution in [1.29, 1.82) is 0 Å². The van der Waals surface area contributed by atoms with Crippen LogP contribution in [0, 0.1) is 5.21 Å². The van der Waals surface area contributed by atoms with Crippen molar-refractivity contribution in [2.45, 2.75) is 58.2 Å². The van der Waals surface area contributed by atoms with Crippen LogP contribution in [-0.4, -0.2) is 41.0 Å². The molecule has 1 aliphatic heterocycles. The summed E-state index contributed by atoms with van der Waals surface area (Å²) in [5.41, 5.74) is 2.74. The summed E-state index contributed by atoms with van der Waals surface area (Å²) in [4.78, 5) is 17.8. The average Bonchev–Trinajstić information content (AvgIpc) is 2.79. The molecule has 1 aliphatic rings. The lowest BCUT2D eigenvalue weighted by Crippen LogP contribution is -2.70. The maximum absolute atomic E-state index is 13.3. The number of quaternary nitrogens is 1. The molecule has 1 saturated heterocycles. The van der Waals surface area contributed by atoms with E-state index in [4.69, 9.17) is 11.6 Å². The van der Waals surface area contributed by atoms with Gasteiger partial charge in [0.1, 0.15) is 10.7 Å². The Kier molecular flexibility index (Phi) is 8.72. The number of likely N-dealkylation sites (tertiary alicyclic amines) is 1. The molecule has 168 valence electrons. The van der Waals surface area contributed by atoms with Gasteiger partial charge in [0.2, 0.25) is 0 Å². The van der Waals surface area contributed by atoms with Crippen molar-refractivity contribution in [3.63, 3.8) is 0 Å². The Labute approximate surface area is 190 Å². The molecule has 0 radical (unpaired) electrons. The molecule has 1 heterocycles. The molecular formula is C24H33ClN4O2. The lowest BCUT2D eigenvalue weighted by atomic mass is 10.00. The molecule has 0 spiro atoms. The number of amides is 2. The maximum Gasteiger partial charge on any atom is 0.322 e. The van der Waals surface area contributed by atoms with Crippen LogP contribution in [0.15, 0.2) is 48.5 Å². The summed E-state index contributed by atoms with van der Waals surface area (Å²) in [5.74, 6) is 0. The number of carbonyl (C=O) groups is 1. The van der Waals surface area contributed by atoms with Crippen molar-refractivity contribution in [1.82, 2.24) is 9.80 Å². The molecule has 0 bridgehead atoms. The lowest BCUT2D eigenvalue weighted by molar-refractivity contribution is -0.497. The van der Waals surface area contributed by atoms with Crippen LogP contribution in [0.3, 0.4) is 0 Å². The summed E-state index contributed by atoms with van der Waals surface area (Å²) in [6.45, 7) is 7.07. The second-order valence-corrected chi connectivity index (χ2v) is 8.71. The fourth-order valence-electron chi connectivity index (χ4n) is 4.29. The number of rotatable bonds is 8. The number of hydrogen-bond donors (Lipinski definition) is 2. The Morgan fingerprint density at radius 2 is 1.97 bits per heavy atom. The number of urea groups is 1. The first-order valence-electron chi connectivity index (χ1n) is 11.1. The Hall–Kier alpha value is -2.12. The molecule has 6 nitrogen and oxygen atoms in total. The van der Waals surface area contributed by atoms with Gasteiger partial charge in [0, 0.05) is 43.5 Å². The van der Waals surface area contributed by atoms with Crippen LogP contribution in [-0.2, 0) is 6.54 Å². The van der Waals surface area contributed by atoms with Gasteiger partial charge in [-0.15, -0.1) is 0 Å². The Balaban J connectivity index is 1.73. The molecule has 1 unspecified atom stereocenters. The Bertz CT molecular complexity index is 841. The third-order valence-corrected chi connectivity index (χ3v) is 6.44. The number of nitrogens with two attached hydrogens (primary N) is 1. The summed E-state index contributed by atoms with van der Waals surface area (Å²) in [7, 11) is 0. The summed E-state index contributed by atoms with van der Waals surface area (Å²) < 4.78 is 0. The Morgan fingerprint density at radius 1 is 1.26 bits per heavy atom. The third-order valence-electron chi connectivity index (χ3n) is 6.10. The highest BCUT2D eigenvalue weighted by Gasteiger charge is 2.29. The second-order valence-electron chi connectivity index (χ2n) is 8.30. The average molecular weight is 445 g/mol. The predicted octanol–water partition coefficient (Wildman–Crippen LogP) is 4.72. The van der Waals surface area contributed by atoms with Gasteiger partial charge < -0.3 is 25.8 Å². The van der Waals surface area contributed by atoms with Gasteiger partial charge in [0.25, 0.3) is 0 Å². The van der Waals surface area contributed by atoms with E-state index in [9.17, 15) is 10.0 Å². The largest absolute Gasteiger partial charge is 0.630 e. The topological polar surface area (TPSA) is 75.2 Å². The van der Waals surface area contributed by atoms with E-state index in [2.05, 4.69) is 24.1 Å². The number of anilines is 1. The number of piperidine rings is 1. The van der Waals surface area contributed by atoms with Gasteiger partial charge in [0.15, 0.2) is 0 Å². The summed E-state index contributed by atoms with van der Waals surface area (Å²) in [6.07, 6.45) is 4.30. The van der Waals surface area contributed by atoms with Crippen molar-refractivity contribution in [3.05, 3.63) is 64.3 Å². The van der Waals surface area contributed by atoms with Crippen molar-refractivity contribution in [2.24, 2.45) is 0 Å². The van der Waals surface area contributed by atoms with E-state index in [0.717, 1.165) is 31.5 Å². The van der Waals surface area contributed by atoms with Gasteiger partial charge in [-0.2, -0.15) is 0 Å². The number of carbonyl (C=O) groups excluding carboxylic acids is 1. The highest BCUT2D eigenvalue weighted by atomic mass is 35.5. The zero-order valence-corrected chi connectivity index (χ0v) is 19.1. The van der Waals surface area contributed by atoms with Crippen LogP contribution >= 0.6 is 11.6 Å². The SMILES string of the molecule is CCCC(C)N1CCC(N(Cc2ccccc2)C(=O)Nc2ccc(Cl)c([NH2+][O-])c2)CC1. The molecule has 0 aliphatic carbocycles. The molecule has 1 atom stereocenters. The van der Waals surface area contributed by atoms with Gasteiger partial charge in [-0.1, -0.05) is 55.3 Å². The molecule has 2 aromatic carbocycles. The van der Waals surface area contributed by atoms with Crippen LogP contribution in [0.2, 0.25) is 5.02 Å². The summed E-state index contributed by atoms with van der Waals surface area (Å²) >= 11 is 6.03. The van der Waals surface area contributed by atoms with E-state index in [0.29, 0.717) is 34.5 Å². The zero-order chi connectivity index (χ0) is 22.2. The molecule has 3 rings (SSSR count). The van der Waals surface area contributed by atoms with Gasteiger partial charge >= 0.3 is 6.03 Å². The molecule has 7 heteroatoms. The molecule has 2 amide bonds. The van der Waals surface area contributed by atoms with Crippen molar-refractivity contribution < 1.29 is 10.3 Å². The second kappa shape index (κ2) is 11.5.